The van der Waals surface area contributed by atoms with Crippen molar-refractivity contribution in [2.45, 2.75) is 12.6 Å². The minimum absolute atomic E-state index is 0.0647. The highest BCUT2D eigenvalue weighted by Gasteiger charge is 2.33. The van der Waals surface area contributed by atoms with Gasteiger partial charge in [0.15, 0.2) is 0 Å². The van der Waals surface area contributed by atoms with Crippen molar-refractivity contribution in [3.63, 3.8) is 0 Å². The number of non-ortho nitro benzene ring substituents is 1. The van der Waals surface area contributed by atoms with E-state index >= 15 is 0 Å². The molecule has 1 N–H and O–H groups in total. The van der Waals surface area contributed by atoms with E-state index in [1.54, 1.807) is 17.0 Å². The van der Waals surface area contributed by atoms with Crippen molar-refractivity contribution in [3.05, 3.63) is 61.7 Å². The van der Waals surface area contributed by atoms with Crippen molar-refractivity contribution in [1.82, 2.24) is 0 Å². The van der Waals surface area contributed by atoms with Crippen LogP contribution in [-0.2, 0) is 6.54 Å². The quantitative estimate of drug-likeness (QED) is 0.624. The minimum atomic E-state index is -0.978. The summed E-state index contributed by atoms with van der Waals surface area (Å²) in [4.78, 5) is 22.6. The Morgan fingerprint density at radius 1 is 1.07 bits per heavy atom. The first-order valence-electron chi connectivity index (χ1n) is 7.97. The van der Waals surface area contributed by atoms with Gasteiger partial charge in [-0.1, -0.05) is 0 Å². The maximum absolute atomic E-state index is 11.4. The molecule has 3 rings (SSSR count). The van der Waals surface area contributed by atoms with Crippen LogP contribution in [0.25, 0.3) is 0 Å². The number of aliphatic hydroxyl groups is 1. The van der Waals surface area contributed by atoms with Gasteiger partial charge in [-0.3, -0.25) is 20.2 Å². The maximum Gasteiger partial charge on any atom is 0.299 e. The molecule has 0 bridgehead atoms. The summed E-state index contributed by atoms with van der Waals surface area (Å²) in [7, 11) is 2.98. The van der Waals surface area contributed by atoms with Gasteiger partial charge in [0.1, 0.15) is 23.3 Å². The number of aliphatic hydroxyl groups excluding tert-OH is 1. The molecule has 0 saturated carbocycles. The zero-order chi connectivity index (χ0) is 19.7. The summed E-state index contributed by atoms with van der Waals surface area (Å²) < 4.78 is 10.7. The molecule has 10 nitrogen and oxygen atoms in total. The summed E-state index contributed by atoms with van der Waals surface area (Å²) in [6.07, 6.45) is -0.978. The lowest BCUT2D eigenvalue weighted by atomic mass is 9.94. The molecule has 0 aromatic heterocycles. The van der Waals surface area contributed by atoms with Gasteiger partial charge in [-0.2, -0.15) is 0 Å². The second-order valence-electron chi connectivity index (χ2n) is 5.95. The number of fused-ring (bicyclic) bond motifs is 1. The van der Waals surface area contributed by atoms with Crippen LogP contribution in [0.15, 0.2) is 30.3 Å². The summed E-state index contributed by atoms with van der Waals surface area (Å²) in [6, 6.07) is 6.82. The highest BCUT2D eigenvalue weighted by Crippen LogP contribution is 2.42. The van der Waals surface area contributed by atoms with Crippen molar-refractivity contribution < 1.29 is 24.4 Å². The van der Waals surface area contributed by atoms with Crippen LogP contribution in [-0.4, -0.2) is 35.7 Å². The Morgan fingerprint density at radius 3 is 2.33 bits per heavy atom. The van der Waals surface area contributed by atoms with Gasteiger partial charge in [0.2, 0.25) is 0 Å². The Labute approximate surface area is 153 Å². The van der Waals surface area contributed by atoms with E-state index in [1.165, 1.54) is 26.4 Å². The number of hydrogen-bond acceptors (Lipinski definition) is 8. The molecule has 1 heterocycles. The van der Waals surface area contributed by atoms with Crippen molar-refractivity contribution in [2.24, 2.45) is 0 Å². The standard InChI is InChI=1S/C17H17N3O7/c1-26-15-5-6-16(27-2)17-11(15)8-18(9-14(17)21)12-4-3-10(19(22)23)7-13(12)20(24)25/h3-7,14,21H,8-9H2,1-2H3. The monoisotopic (exact) mass is 375 g/mol. The second kappa shape index (κ2) is 7.08. The fraction of sp³-hybridized carbons (Fsp3) is 0.294. The van der Waals surface area contributed by atoms with Crippen LogP contribution in [0, 0.1) is 20.2 Å². The van der Waals surface area contributed by atoms with Gasteiger partial charge >= 0.3 is 0 Å². The summed E-state index contributed by atoms with van der Waals surface area (Å²) in [5, 5.41) is 33.0. The number of β-amino-alcohol motifs (C(OH)–C–C–N with tert-alkyl or cyclic N) is 1. The minimum Gasteiger partial charge on any atom is -0.496 e. The predicted octanol–water partition coefficient (Wildman–Crippen LogP) is 2.57. The molecule has 0 spiro atoms. The number of ether oxygens (including phenoxy) is 2. The molecule has 2 aromatic carbocycles. The van der Waals surface area contributed by atoms with Crippen LogP contribution < -0.4 is 14.4 Å². The molecule has 0 aliphatic carbocycles. The Kier molecular flexibility index (Phi) is 4.82. The summed E-state index contributed by atoms with van der Waals surface area (Å²) in [6.45, 7) is 0.278. The van der Waals surface area contributed by atoms with E-state index in [4.69, 9.17) is 9.47 Å². The second-order valence-corrected chi connectivity index (χ2v) is 5.95. The topological polar surface area (TPSA) is 128 Å². The van der Waals surface area contributed by atoms with Crippen molar-refractivity contribution in [1.29, 1.82) is 0 Å². The number of methoxy groups -OCH3 is 2. The third-order valence-corrected chi connectivity index (χ3v) is 4.50. The summed E-state index contributed by atoms with van der Waals surface area (Å²) in [5.74, 6) is 1.01. The lowest BCUT2D eigenvalue weighted by Gasteiger charge is -2.35. The molecule has 0 fully saturated rings. The Bertz CT molecular complexity index is 916. The average molecular weight is 375 g/mol. The van der Waals surface area contributed by atoms with Gasteiger partial charge in [-0.05, 0) is 18.2 Å². The number of hydrogen-bond donors (Lipinski definition) is 1. The van der Waals surface area contributed by atoms with Crippen LogP contribution in [0.3, 0.4) is 0 Å². The van der Waals surface area contributed by atoms with E-state index in [9.17, 15) is 25.3 Å². The molecular formula is C17H17N3O7. The number of rotatable bonds is 5. The van der Waals surface area contributed by atoms with Gasteiger partial charge in [0.05, 0.1) is 30.1 Å². The van der Waals surface area contributed by atoms with E-state index in [0.717, 1.165) is 6.07 Å². The molecule has 1 unspecified atom stereocenters. The molecule has 1 aliphatic heterocycles. The van der Waals surface area contributed by atoms with Crippen LogP contribution >= 0.6 is 0 Å². The van der Waals surface area contributed by atoms with Gasteiger partial charge in [-0.25, -0.2) is 0 Å². The molecule has 10 heteroatoms. The lowest BCUT2D eigenvalue weighted by Crippen LogP contribution is -2.34. The third kappa shape index (κ3) is 3.22. The Balaban J connectivity index is 2.09. The first kappa shape index (κ1) is 18.4. The van der Waals surface area contributed by atoms with E-state index in [0.29, 0.717) is 22.6 Å². The Morgan fingerprint density at radius 2 is 1.74 bits per heavy atom. The number of nitro benzene ring substituents is 2. The first-order valence-corrected chi connectivity index (χ1v) is 7.97. The highest BCUT2D eigenvalue weighted by molar-refractivity contribution is 5.68. The molecule has 27 heavy (non-hydrogen) atoms. The van der Waals surface area contributed by atoms with Crippen molar-refractivity contribution in [3.8, 4) is 11.5 Å². The Hall–Kier alpha value is -3.40. The molecule has 0 radical (unpaired) electrons. The number of nitrogens with zero attached hydrogens (tertiary/aromatic N) is 3. The normalized spacial score (nSPS) is 15.8. The first-order chi connectivity index (χ1) is 12.9. The molecule has 2 aromatic rings. The largest absolute Gasteiger partial charge is 0.496 e. The molecule has 0 amide bonds. The fourth-order valence-electron chi connectivity index (χ4n) is 3.30. The third-order valence-electron chi connectivity index (χ3n) is 4.50. The lowest BCUT2D eigenvalue weighted by molar-refractivity contribution is -0.393. The van der Waals surface area contributed by atoms with Crippen LogP contribution in [0.1, 0.15) is 17.2 Å². The predicted molar refractivity (Wildman–Crippen MR) is 95.3 cm³/mol. The summed E-state index contributed by atoms with van der Waals surface area (Å²) in [5.41, 5.74) is 0.616. The number of benzene rings is 2. The smallest absolute Gasteiger partial charge is 0.299 e. The SMILES string of the molecule is COc1ccc(OC)c2c1CN(c1ccc([N+](=O)[O-])cc1[N+](=O)[O-])CC2O. The van der Waals surface area contributed by atoms with Gasteiger partial charge in [0, 0.05) is 30.3 Å². The van der Waals surface area contributed by atoms with Crippen molar-refractivity contribution in [2.75, 3.05) is 25.7 Å². The van der Waals surface area contributed by atoms with E-state index < -0.39 is 21.6 Å². The maximum atomic E-state index is 11.4. The highest BCUT2D eigenvalue weighted by atomic mass is 16.6. The van der Waals surface area contributed by atoms with Crippen LogP contribution in [0.5, 0.6) is 11.5 Å². The van der Waals surface area contributed by atoms with Gasteiger partial charge < -0.3 is 19.5 Å². The van der Waals surface area contributed by atoms with E-state index in [1.807, 2.05) is 0 Å². The van der Waals surface area contributed by atoms with Gasteiger partial charge in [0.25, 0.3) is 11.4 Å². The fourth-order valence-corrected chi connectivity index (χ4v) is 3.30. The van der Waals surface area contributed by atoms with E-state index in [-0.39, 0.29) is 24.5 Å². The van der Waals surface area contributed by atoms with Crippen LogP contribution in [0.4, 0.5) is 17.1 Å². The van der Waals surface area contributed by atoms with Crippen LogP contribution in [0.2, 0.25) is 0 Å². The average Bonchev–Trinajstić information content (AvgIpc) is 2.66. The number of anilines is 1. The van der Waals surface area contributed by atoms with Gasteiger partial charge in [-0.15, -0.1) is 0 Å². The van der Waals surface area contributed by atoms with Crippen molar-refractivity contribution >= 4 is 17.1 Å². The van der Waals surface area contributed by atoms with E-state index in [2.05, 4.69) is 0 Å². The molecular weight excluding hydrogens is 358 g/mol. The number of nitro groups is 2. The summed E-state index contributed by atoms with van der Waals surface area (Å²) >= 11 is 0. The molecule has 1 aliphatic rings. The zero-order valence-electron chi connectivity index (χ0n) is 14.6. The molecule has 1 atom stereocenters. The molecule has 0 saturated heterocycles. The molecule has 142 valence electrons. The zero-order valence-corrected chi connectivity index (χ0v) is 14.6.